The molecule has 0 saturated carbocycles. The number of rotatable bonds is 5. The van der Waals surface area contributed by atoms with Crippen molar-refractivity contribution in [3.8, 4) is 6.07 Å². The first-order chi connectivity index (χ1) is 9.93. The van der Waals surface area contributed by atoms with E-state index in [4.69, 9.17) is 16.9 Å². The minimum Gasteiger partial charge on any atom is -0.378 e. The molecule has 0 aromatic heterocycles. The van der Waals surface area contributed by atoms with Crippen LogP contribution in [-0.2, 0) is 4.79 Å². The van der Waals surface area contributed by atoms with Crippen LogP contribution in [0.5, 0.6) is 0 Å². The lowest BCUT2D eigenvalue weighted by molar-refractivity contribution is -0.123. The molecule has 0 radical (unpaired) electrons. The Hall–Kier alpha value is -1.77. The SMILES string of the molecule is CC(C)CN(CCC#N)c1cc2c(cc1Cl)C(O)C(=O)N2. The van der Waals surface area contributed by atoms with E-state index >= 15 is 0 Å². The molecule has 0 aliphatic carbocycles. The fourth-order valence-electron chi connectivity index (χ4n) is 2.43. The second kappa shape index (κ2) is 6.33. The number of hydrogen-bond acceptors (Lipinski definition) is 4. The Morgan fingerprint density at radius 3 is 2.86 bits per heavy atom. The molecule has 1 aromatic rings. The molecule has 0 fully saturated rings. The summed E-state index contributed by atoms with van der Waals surface area (Å²) in [6, 6.07) is 5.52. The maximum Gasteiger partial charge on any atom is 0.257 e. The first-order valence-corrected chi connectivity index (χ1v) is 7.26. The molecule has 1 aliphatic rings. The van der Waals surface area contributed by atoms with Crippen molar-refractivity contribution in [1.82, 2.24) is 0 Å². The van der Waals surface area contributed by atoms with Gasteiger partial charge < -0.3 is 15.3 Å². The van der Waals surface area contributed by atoms with Crippen molar-refractivity contribution >= 4 is 28.9 Å². The van der Waals surface area contributed by atoms with E-state index in [1.807, 2.05) is 4.90 Å². The molecule has 1 atom stereocenters. The number of aliphatic hydroxyl groups excluding tert-OH is 1. The predicted octanol–water partition coefficient (Wildman–Crippen LogP) is 2.70. The smallest absolute Gasteiger partial charge is 0.257 e. The van der Waals surface area contributed by atoms with Crippen LogP contribution in [0.1, 0.15) is 31.9 Å². The molecule has 1 aliphatic heterocycles. The fraction of sp³-hybridized carbons (Fsp3) is 0.467. The van der Waals surface area contributed by atoms with Gasteiger partial charge in [-0.15, -0.1) is 0 Å². The third-order valence-corrected chi connectivity index (χ3v) is 3.64. The third-order valence-electron chi connectivity index (χ3n) is 3.34. The van der Waals surface area contributed by atoms with Gasteiger partial charge in [-0.05, 0) is 18.1 Å². The van der Waals surface area contributed by atoms with E-state index in [0.717, 1.165) is 12.2 Å². The lowest BCUT2D eigenvalue weighted by Gasteiger charge is -2.27. The zero-order valence-corrected chi connectivity index (χ0v) is 12.8. The first-order valence-electron chi connectivity index (χ1n) is 6.88. The number of carbonyl (C=O) groups excluding carboxylic acids is 1. The van der Waals surface area contributed by atoms with Crippen molar-refractivity contribution in [1.29, 1.82) is 5.26 Å². The van der Waals surface area contributed by atoms with Gasteiger partial charge in [-0.1, -0.05) is 25.4 Å². The summed E-state index contributed by atoms with van der Waals surface area (Å²) in [5.74, 6) is -0.0288. The summed E-state index contributed by atoms with van der Waals surface area (Å²) in [7, 11) is 0. The molecule has 0 spiro atoms. The summed E-state index contributed by atoms with van der Waals surface area (Å²) in [6.45, 7) is 5.51. The number of amides is 1. The highest BCUT2D eigenvalue weighted by atomic mass is 35.5. The fourth-order valence-corrected chi connectivity index (χ4v) is 2.72. The van der Waals surface area contributed by atoms with Crippen molar-refractivity contribution in [2.75, 3.05) is 23.3 Å². The summed E-state index contributed by atoms with van der Waals surface area (Å²) in [5, 5.41) is 21.7. The molecule has 1 amide bonds. The van der Waals surface area contributed by atoms with Crippen LogP contribution in [0, 0.1) is 17.2 Å². The minimum atomic E-state index is -1.16. The average molecular weight is 308 g/mol. The molecular formula is C15H18ClN3O2. The van der Waals surface area contributed by atoms with Crippen LogP contribution in [0.25, 0.3) is 0 Å². The van der Waals surface area contributed by atoms with Gasteiger partial charge >= 0.3 is 0 Å². The topological polar surface area (TPSA) is 76.4 Å². The Balaban J connectivity index is 2.36. The molecule has 0 bridgehead atoms. The number of benzene rings is 1. The summed E-state index contributed by atoms with van der Waals surface area (Å²) < 4.78 is 0. The van der Waals surface area contributed by atoms with Gasteiger partial charge in [0.1, 0.15) is 0 Å². The highest BCUT2D eigenvalue weighted by molar-refractivity contribution is 6.33. The van der Waals surface area contributed by atoms with Crippen LogP contribution < -0.4 is 10.2 Å². The van der Waals surface area contributed by atoms with E-state index in [2.05, 4.69) is 25.2 Å². The van der Waals surface area contributed by atoms with Gasteiger partial charge in [-0.25, -0.2) is 0 Å². The van der Waals surface area contributed by atoms with Crippen LogP contribution in [0.3, 0.4) is 0 Å². The van der Waals surface area contributed by atoms with Crippen molar-refractivity contribution < 1.29 is 9.90 Å². The molecule has 6 heteroatoms. The van der Waals surface area contributed by atoms with Gasteiger partial charge in [0, 0.05) is 24.3 Å². The van der Waals surface area contributed by atoms with Crippen molar-refractivity contribution in [2.45, 2.75) is 26.4 Å². The largest absolute Gasteiger partial charge is 0.378 e. The Morgan fingerprint density at radius 1 is 1.52 bits per heavy atom. The van der Waals surface area contributed by atoms with Crippen molar-refractivity contribution in [3.05, 3.63) is 22.7 Å². The number of fused-ring (bicyclic) bond motifs is 1. The molecule has 112 valence electrons. The number of aliphatic hydroxyl groups is 1. The Kier molecular flexibility index (Phi) is 4.71. The van der Waals surface area contributed by atoms with Gasteiger partial charge in [0.05, 0.1) is 23.2 Å². The van der Waals surface area contributed by atoms with Crippen molar-refractivity contribution in [2.24, 2.45) is 5.92 Å². The molecule has 1 heterocycles. The number of anilines is 2. The van der Waals surface area contributed by atoms with Gasteiger partial charge in [0.2, 0.25) is 0 Å². The van der Waals surface area contributed by atoms with Crippen LogP contribution in [0.4, 0.5) is 11.4 Å². The summed E-state index contributed by atoms with van der Waals surface area (Å²) in [4.78, 5) is 13.5. The lowest BCUT2D eigenvalue weighted by Crippen LogP contribution is -2.28. The van der Waals surface area contributed by atoms with Crippen LogP contribution in [0.15, 0.2) is 12.1 Å². The predicted molar refractivity (Wildman–Crippen MR) is 82.3 cm³/mol. The van der Waals surface area contributed by atoms with Gasteiger partial charge in [-0.2, -0.15) is 5.26 Å². The molecule has 2 rings (SSSR count). The Bertz CT molecular complexity index is 595. The normalized spacial score (nSPS) is 16.6. The van der Waals surface area contributed by atoms with Crippen molar-refractivity contribution in [3.63, 3.8) is 0 Å². The Labute approximate surface area is 129 Å². The van der Waals surface area contributed by atoms with Crippen LogP contribution in [-0.4, -0.2) is 24.1 Å². The molecule has 5 nitrogen and oxygen atoms in total. The summed E-state index contributed by atoms with van der Waals surface area (Å²) in [5.41, 5.74) is 1.85. The van der Waals surface area contributed by atoms with E-state index in [1.54, 1.807) is 12.1 Å². The van der Waals surface area contributed by atoms with E-state index < -0.39 is 12.0 Å². The number of nitriles is 1. The number of halogens is 1. The third kappa shape index (κ3) is 3.29. The van der Waals surface area contributed by atoms with Gasteiger partial charge in [0.25, 0.3) is 5.91 Å². The number of hydrogen-bond donors (Lipinski definition) is 2. The molecule has 21 heavy (non-hydrogen) atoms. The monoisotopic (exact) mass is 307 g/mol. The number of nitrogens with one attached hydrogen (secondary N) is 1. The number of nitrogens with zero attached hydrogens (tertiary/aromatic N) is 2. The molecule has 1 aromatic carbocycles. The summed E-state index contributed by atoms with van der Waals surface area (Å²) >= 11 is 6.30. The van der Waals surface area contributed by atoms with Gasteiger partial charge in [-0.3, -0.25) is 4.79 Å². The quantitative estimate of drug-likeness (QED) is 0.877. The highest BCUT2D eigenvalue weighted by Crippen LogP contribution is 2.39. The average Bonchev–Trinajstić information content (AvgIpc) is 2.69. The number of carbonyl (C=O) groups is 1. The molecule has 0 saturated heterocycles. The second-order valence-electron chi connectivity index (χ2n) is 5.53. The van der Waals surface area contributed by atoms with Crippen LogP contribution in [0.2, 0.25) is 5.02 Å². The highest BCUT2D eigenvalue weighted by Gasteiger charge is 2.30. The standard InChI is InChI=1S/C15H18ClN3O2/c1-9(2)8-19(5-3-4-17)13-7-12-10(6-11(13)16)14(20)15(21)18-12/h6-7,9,14,20H,3,5,8H2,1-2H3,(H,18,21). The van der Waals surface area contributed by atoms with Crippen LogP contribution >= 0.6 is 11.6 Å². The first kappa shape index (κ1) is 15.6. The Morgan fingerprint density at radius 2 is 2.24 bits per heavy atom. The van der Waals surface area contributed by atoms with E-state index in [-0.39, 0.29) is 0 Å². The maximum absolute atomic E-state index is 11.5. The zero-order chi connectivity index (χ0) is 15.6. The minimum absolute atomic E-state index is 0.398. The van der Waals surface area contributed by atoms with E-state index in [1.165, 1.54) is 0 Å². The molecule has 1 unspecified atom stereocenters. The second-order valence-corrected chi connectivity index (χ2v) is 5.94. The molecular weight excluding hydrogens is 290 g/mol. The lowest BCUT2D eigenvalue weighted by atomic mass is 10.1. The van der Waals surface area contributed by atoms with Gasteiger partial charge in [0.15, 0.2) is 6.10 Å². The molecule has 2 N–H and O–H groups in total. The van der Waals surface area contributed by atoms with E-state index in [9.17, 15) is 9.90 Å². The maximum atomic E-state index is 11.5. The zero-order valence-electron chi connectivity index (χ0n) is 12.1. The van der Waals surface area contributed by atoms with E-state index in [0.29, 0.717) is 35.2 Å². The summed E-state index contributed by atoms with van der Waals surface area (Å²) in [6.07, 6.45) is -0.765.